The Morgan fingerprint density at radius 2 is 2.07 bits per heavy atom. The zero-order chi connectivity index (χ0) is 9.60. The van der Waals surface area contributed by atoms with Gasteiger partial charge < -0.3 is 4.90 Å². The van der Waals surface area contributed by atoms with Gasteiger partial charge in [-0.3, -0.25) is 0 Å². The molecule has 0 amide bonds. The van der Waals surface area contributed by atoms with Crippen LogP contribution in [0.15, 0.2) is 22.8 Å². The molecule has 0 atom stereocenters. The van der Waals surface area contributed by atoms with Crippen LogP contribution >= 0.6 is 15.9 Å². The number of anilines is 1. The molecule has 3 rings (SSSR count). The lowest BCUT2D eigenvalue weighted by Gasteiger charge is -2.56. The van der Waals surface area contributed by atoms with Crippen molar-refractivity contribution in [3.05, 3.63) is 22.8 Å². The molecule has 74 valence electrons. The van der Waals surface area contributed by atoms with Crippen LogP contribution in [0.3, 0.4) is 0 Å². The van der Waals surface area contributed by atoms with E-state index in [4.69, 9.17) is 0 Å². The molecule has 2 fully saturated rings. The van der Waals surface area contributed by atoms with Crippen LogP contribution in [0.25, 0.3) is 0 Å². The fraction of sp³-hybridized carbons (Fsp3) is 0.545. The van der Waals surface area contributed by atoms with E-state index in [1.54, 1.807) is 0 Å². The van der Waals surface area contributed by atoms with E-state index in [2.05, 4.69) is 37.9 Å². The molecular weight excluding hydrogens is 240 g/mol. The minimum Gasteiger partial charge on any atom is -0.355 e. The zero-order valence-electron chi connectivity index (χ0n) is 8.04. The molecule has 2 nitrogen and oxygen atoms in total. The molecule has 1 saturated carbocycles. The molecule has 1 aliphatic carbocycles. The summed E-state index contributed by atoms with van der Waals surface area (Å²) in [5.74, 6) is 1.13. The standard InChI is InChI=1S/C11H13BrN2/c12-9-2-3-10(13-6-9)14-7-11(8-14)4-1-5-11/h2-3,6H,1,4-5,7-8H2. The Morgan fingerprint density at radius 1 is 1.29 bits per heavy atom. The molecule has 2 aliphatic rings. The van der Waals surface area contributed by atoms with Gasteiger partial charge in [-0.25, -0.2) is 4.98 Å². The number of hydrogen-bond acceptors (Lipinski definition) is 2. The van der Waals surface area contributed by atoms with E-state index in [-0.39, 0.29) is 0 Å². The summed E-state index contributed by atoms with van der Waals surface area (Å²) in [7, 11) is 0. The van der Waals surface area contributed by atoms with Crippen LogP contribution < -0.4 is 4.90 Å². The zero-order valence-corrected chi connectivity index (χ0v) is 9.63. The molecule has 0 aromatic carbocycles. The number of nitrogens with zero attached hydrogens (tertiary/aromatic N) is 2. The number of aromatic nitrogens is 1. The minimum absolute atomic E-state index is 0.689. The first-order chi connectivity index (χ1) is 6.77. The molecule has 0 bridgehead atoms. The molecule has 2 heterocycles. The predicted octanol–water partition coefficient (Wildman–Crippen LogP) is 2.83. The van der Waals surface area contributed by atoms with Crippen LogP contribution in [0.1, 0.15) is 19.3 Å². The van der Waals surface area contributed by atoms with Crippen molar-refractivity contribution in [1.29, 1.82) is 0 Å². The van der Waals surface area contributed by atoms with E-state index >= 15 is 0 Å². The highest BCUT2D eigenvalue weighted by atomic mass is 79.9. The highest BCUT2D eigenvalue weighted by molar-refractivity contribution is 9.10. The number of halogens is 1. The lowest BCUT2D eigenvalue weighted by atomic mass is 9.63. The topological polar surface area (TPSA) is 16.1 Å². The largest absolute Gasteiger partial charge is 0.355 e. The van der Waals surface area contributed by atoms with Crippen molar-refractivity contribution in [3.8, 4) is 0 Å². The molecule has 1 aromatic rings. The molecule has 0 radical (unpaired) electrons. The van der Waals surface area contributed by atoms with Crippen LogP contribution in [0, 0.1) is 5.41 Å². The Morgan fingerprint density at radius 3 is 2.57 bits per heavy atom. The second-order valence-electron chi connectivity index (χ2n) is 4.54. The molecule has 0 N–H and O–H groups in total. The second kappa shape index (κ2) is 2.96. The van der Waals surface area contributed by atoms with E-state index in [0.29, 0.717) is 5.41 Å². The fourth-order valence-corrected chi connectivity index (χ4v) is 2.71. The normalized spacial score (nSPS) is 23.1. The lowest BCUT2D eigenvalue weighted by Crippen LogP contribution is -2.60. The predicted molar refractivity (Wildman–Crippen MR) is 60.4 cm³/mol. The van der Waals surface area contributed by atoms with Crippen LogP contribution in [0.4, 0.5) is 5.82 Å². The average Bonchev–Trinajstić information content (AvgIpc) is 2.03. The van der Waals surface area contributed by atoms with Gasteiger partial charge in [0.25, 0.3) is 0 Å². The first kappa shape index (κ1) is 8.72. The van der Waals surface area contributed by atoms with E-state index < -0.39 is 0 Å². The molecule has 0 unspecified atom stereocenters. The van der Waals surface area contributed by atoms with E-state index in [1.165, 1.54) is 32.4 Å². The van der Waals surface area contributed by atoms with Gasteiger partial charge in [-0.05, 0) is 40.9 Å². The molecule has 1 saturated heterocycles. The monoisotopic (exact) mass is 252 g/mol. The van der Waals surface area contributed by atoms with Gasteiger partial charge in [0.15, 0.2) is 0 Å². The summed E-state index contributed by atoms with van der Waals surface area (Å²) in [4.78, 5) is 6.78. The van der Waals surface area contributed by atoms with Crippen molar-refractivity contribution in [2.45, 2.75) is 19.3 Å². The maximum Gasteiger partial charge on any atom is 0.128 e. The van der Waals surface area contributed by atoms with Crippen molar-refractivity contribution in [2.24, 2.45) is 5.41 Å². The SMILES string of the molecule is Brc1ccc(N2CC3(CCC3)C2)nc1. The first-order valence-corrected chi connectivity index (χ1v) is 5.93. The Hall–Kier alpha value is -0.570. The smallest absolute Gasteiger partial charge is 0.128 e. The van der Waals surface area contributed by atoms with Gasteiger partial charge in [-0.1, -0.05) is 6.42 Å². The van der Waals surface area contributed by atoms with Crippen molar-refractivity contribution < 1.29 is 0 Å². The summed E-state index contributed by atoms with van der Waals surface area (Å²) < 4.78 is 1.06. The van der Waals surface area contributed by atoms with Gasteiger partial charge in [0.05, 0.1) is 0 Å². The van der Waals surface area contributed by atoms with Crippen LogP contribution in [0.5, 0.6) is 0 Å². The van der Waals surface area contributed by atoms with Crippen LogP contribution in [-0.4, -0.2) is 18.1 Å². The van der Waals surface area contributed by atoms with E-state index in [0.717, 1.165) is 10.3 Å². The summed E-state index contributed by atoms with van der Waals surface area (Å²) >= 11 is 3.40. The maximum absolute atomic E-state index is 4.40. The van der Waals surface area contributed by atoms with Gasteiger partial charge in [-0.15, -0.1) is 0 Å². The van der Waals surface area contributed by atoms with Gasteiger partial charge in [0, 0.05) is 29.2 Å². The van der Waals surface area contributed by atoms with Gasteiger partial charge in [0.2, 0.25) is 0 Å². The van der Waals surface area contributed by atoms with Gasteiger partial charge in [0.1, 0.15) is 5.82 Å². The Bertz CT molecular complexity index is 335. The maximum atomic E-state index is 4.40. The van der Waals surface area contributed by atoms with Crippen LogP contribution in [-0.2, 0) is 0 Å². The van der Waals surface area contributed by atoms with Crippen molar-refractivity contribution in [3.63, 3.8) is 0 Å². The van der Waals surface area contributed by atoms with E-state index in [1.807, 2.05) is 6.20 Å². The summed E-state index contributed by atoms with van der Waals surface area (Å²) in [6.07, 6.45) is 6.17. The first-order valence-electron chi connectivity index (χ1n) is 5.14. The molecule has 3 heteroatoms. The fourth-order valence-electron chi connectivity index (χ4n) is 2.47. The van der Waals surface area contributed by atoms with Crippen molar-refractivity contribution >= 4 is 21.7 Å². The molecule has 1 aromatic heterocycles. The number of rotatable bonds is 1. The average molecular weight is 253 g/mol. The third-order valence-corrected chi connectivity index (χ3v) is 3.97. The van der Waals surface area contributed by atoms with Crippen molar-refractivity contribution in [2.75, 3.05) is 18.0 Å². The molecule has 14 heavy (non-hydrogen) atoms. The number of hydrogen-bond donors (Lipinski definition) is 0. The second-order valence-corrected chi connectivity index (χ2v) is 5.46. The molecular formula is C11H13BrN2. The summed E-state index contributed by atoms with van der Waals surface area (Å²) in [5.41, 5.74) is 0.689. The summed E-state index contributed by atoms with van der Waals surface area (Å²) in [5, 5.41) is 0. The highest BCUT2D eigenvalue weighted by Crippen LogP contribution is 2.49. The molecule has 1 spiro atoms. The van der Waals surface area contributed by atoms with E-state index in [9.17, 15) is 0 Å². The Labute approximate surface area is 92.5 Å². The Balaban J connectivity index is 1.70. The summed E-state index contributed by atoms with van der Waals surface area (Å²) in [6.45, 7) is 2.45. The highest BCUT2D eigenvalue weighted by Gasteiger charge is 2.47. The lowest BCUT2D eigenvalue weighted by molar-refractivity contribution is 0.0896. The summed E-state index contributed by atoms with van der Waals surface area (Å²) in [6, 6.07) is 4.16. The third-order valence-electron chi connectivity index (χ3n) is 3.50. The Kier molecular flexibility index (Phi) is 1.84. The number of pyridine rings is 1. The van der Waals surface area contributed by atoms with Crippen LogP contribution in [0.2, 0.25) is 0 Å². The quantitative estimate of drug-likeness (QED) is 0.765. The minimum atomic E-state index is 0.689. The van der Waals surface area contributed by atoms with Gasteiger partial charge >= 0.3 is 0 Å². The van der Waals surface area contributed by atoms with Crippen molar-refractivity contribution in [1.82, 2.24) is 4.98 Å². The molecule has 1 aliphatic heterocycles. The van der Waals surface area contributed by atoms with Gasteiger partial charge in [-0.2, -0.15) is 0 Å². The third kappa shape index (κ3) is 1.26.